The quantitative estimate of drug-likeness (QED) is 0.657. The summed E-state index contributed by atoms with van der Waals surface area (Å²) in [5.41, 5.74) is -1.22. The van der Waals surface area contributed by atoms with Crippen LogP contribution in [0.4, 0.5) is 13.2 Å². The topological polar surface area (TPSA) is 78.6 Å². The van der Waals surface area contributed by atoms with Crippen LogP contribution in [0.1, 0.15) is 37.7 Å². The van der Waals surface area contributed by atoms with Crippen LogP contribution in [0.5, 0.6) is 5.75 Å². The first-order valence-electron chi connectivity index (χ1n) is 7.70. The summed E-state index contributed by atoms with van der Waals surface area (Å²) in [4.78, 5) is 0. The van der Waals surface area contributed by atoms with E-state index in [-0.39, 0.29) is 22.8 Å². The van der Waals surface area contributed by atoms with E-state index in [0.29, 0.717) is 13.0 Å². The molecule has 144 valence electrons. The molecule has 0 radical (unpaired) electrons. The van der Waals surface area contributed by atoms with E-state index in [9.17, 15) is 21.6 Å². The van der Waals surface area contributed by atoms with Crippen LogP contribution in [0.15, 0.2) is 28.8 Å². The molecule has 2 rings (SSSR count). The van der Waals surface area contributed by atoms with Crippen LogP contribution in [0, 0.1) is 0 Å². The maximum atomic E-state index is 13.4. The number of hydrogen-bond acceptors (Lipinski definition) is 6. The summed E-state index contributed by atoms with van der Waals surface area (Å²) >= 11 is 0. The van der Waals surface area contributed by atoms with Gasteiger partial charge >= 0.3 is 6.18 Å². The summed E-state index contributed by atoms with van der Waals surface area (Å²) < 4.78 is 77.5. The molecular weight excluding hydrogens is 375 g/mol. The lowest BCUT2D eigenvalue weighted by molar-refractivity contribution is -0.137. The third-order valence-corrected chi connectivity index (χ3v) is 3.93. The van der Waals surface area contributed by atoms with Crippen molar-refractivity contribution < 1.29 is 35.0 Å². The van der Waals surface area contributed by atoms with Crippen molar-refractivity contribution in [1.29, 1.82) is 0 Å². The minimum absolute atomic E-state index is 0.00939. The molecule has 0 spiro atoms. The Kier molecular flexibility index (Phi) is 5.97. The number of halogens is 3. The summed E-state index contributed by atoms with van der Waals surface area (Å²) in [5, 5.41) is 3.61. The number of rotatable bonds is 7. The van der Waals surface area contributed by atoms with Crippen LogP contribution < -0.4 is 4.74 Å². The van der Waals surface area contributed by atoms with Crippen molar-refractivity contribution >= 4 is 10.1 Å². The zero-order valence-corrected chi connectivity index (χ0v) is 15.1. The van der Waals surface area contributed by atoms with E-state index >= 15 is 0 Å². The molecule has 0 amide bonds. The monoisotopic (exact) mass is 393 g/mol. The predicted molar refractivity (Wildman–Crippen MR) is 87.1 cm³/mol. The Bertz CT molecular complexity index is 861. The van der Waals surface area contributed by atoms with Gasteiger partial charge in [-0.15, -0.1) is 0 Å². The van der Waals surface area contributed by atoms with E-state index in [1.165, 1.54) is 25.1 Å². The third kappa shape index (κ3) is 5.21. The molecule has 1 heterocycles. The molecule has 2 aromatic rings. The molecule has 0 aliphatic heterocycles. The van der Waals surface area contributed by atoms with Crippen LogP contribution in [0.2, 0.25) is 0 Å². The predicted octanol–water partition coefficient (Wildman–Crippen LogP) is 4.19. The Hall–Kier alpha value is -2.07. The highest BCUT2D eigenvalue weighted by Gasteiger charge is 2.35. The van der Waals surface area contributed by atoms with Gasteiger partial charge in [0.1, 0.15) is 17.5 Å². The van der Waals surface area contributed by atoms with Crippen LogP contribution in [-0.2, 0) is 20.5 Å². The Labute approximate surface area is 149 Å². The SMILES string of the molecule is CCCOc1ccc(-c2cc(C(C)OS(C)(=O)=O)on2)c(C(F)(F)F)c1. The lowest BCUT2D eigenvalue weighted by Crippen LogP contribution is -2.08. The molecule has 0 aliphatic carbocycles. The molecule has 0 saturated heterocycles. The Balaban J connectivity index is 2.39. The van der Waals surface area contributed by atoms with Crippen molar-refractivity contribution in [3.8, 4) is 17.0 Å². The van der Waals surface area contributed by atoms with Gasteiger partial charge in [0.15, 0.2) is 5.76 Å². The van der Waals surface area contributed by atoms with Gasteiger partial charge in [-0.25, -0.2) is 0 Å². The second kappa shape index (κ2) is 7.67. The molecule has 0 aliphatic rings. The van der Waals surface area contributed by atoms with Crippen molar-refractivity contribution in [2.24, 2.45) is 0 Å². The Morgan fingerprint density at radius 2 is 1.96 bits per heavy atom. The average Bonchev–Trinajstić information content (AvgIpc) is 3.00. The van der Waals surface area contributed by atoms with E-state index in [1.807, 2.05) is 6.92 Å². The van der Waals surface area contributed by atoms with Gasteiger partial charge in [-0.05, 0) is 31.5 Å². The molecule has 10 heteroatoms. The van der Waals surface area contributed by atoms with Gasteiger partial charge in [0.05, 0.1) is 18.4 Å². The molecular formula is C16H18F3NO5S. The zero-order valence-electron chi connectivity index (χ0n) is 14.3. The summed E-state index contributed by atoms with van der Waals surface area (Å²) in [6, 6.07) is 4.76. The van der Waals surface area contributed by atoms with E-state index in [4.69, 9.17) is 13.4 Å². The lowest BCUT2D eigenvalue weighted by Gasteiger charge is -2.13. The van der Waals surface area contributed by atoms with Gasteiger partial charge in [-0.3, -0.25) is 4.18 Å². The summed E-state index contributed by atoms with van der Waals surface area (Å²) in [6.45, 7) is 3.53. The van der Waals surface area contributed by atoms with E-state index in [2.05, 4.69) is 5.16 Å². The van der Waals surface area contributed by atoms with Crippen molar-refractivity contribution in [3.05, 3.63) is 35.6 Å². The molecule has 0 saturated carbocycles. The first-order valence-corrected chi connectivity index (χ1v) is 9.52. The lowest BCUT2D eigenvalue weighted by atomic mass is 10.0. The number of alkyl halides is 3. The molecule has 1 aromatic heterocycles. The first-order chi connectivity index (χ1) is 12.0. The van der Waals surface area contributed by atoms with Gasteiger partial charge in [0, 0.05) is 11.6 Å². The minimum Gasteiger partial charge on any atom is -0.494 e. The van der Waals surface area contributed by atoms with Crippen molar-refractivity contribution in [2.45, 2.75) is 32.5 Å². The molecule has 6 nitrogen and oxygen atoms in total. The van der Waals surface area contributed by atoms with Crippen LogP contribution >= 0.6 is 0 Å². The van der Waals surface area contributed by atoms with Crippen molar-refractivity contribution in [1.82, 2.24) is 5.16 Å². The fourth-order valence-electron chi connectivity index (χ4n) is 2.21. The van der Waals surface area contributed by atoms with Crippen molar-refractivity contribution in [3.63, 3.8) is 0 Å². The van der Waals surface area contributed by atoms with Gasteiger partial charge in [0.25, 0.3) is 10.1 Å². The van der Waals surface area contributed by atoms with Crippen LogP contribution in [-0.4, -0.2) is 26.4 Å². The molecule has 1 atom stereocenters. The number of hydrogen-bond donors (Lipinski definition) is 0. The number of nitrogens with zero attached hydrogens (tertiary/aromatic N) is 1. The second-order valence-corrected chi connectivity index (χ2v) is 7.21. The third-order valence-electron chi connectivity index (χ3n) is 3.29. The molecule has 0 N–H and O–H groups in total. The van der Waals surface area contributed by atoms with Crippen LogP contribution in [0.3, 0.4) is 0 Å². The molecule has 1 aromatic carbocycles. The maximum absolute atomic E-state index is 13.4. The normalized spacial score (nSPS) is 13.6. The molecule has 26 heavy (non-hydrogen) atoms. The van der Waals surface area contributed by atoms with Crippen LogP contribution in [0.25, 0.3) is 11.3 Å². The number of aromatic nitrogens is 1. The van der Waals surface area contributed by atoms with E-state index in [1.54, 1.807) is 0 Å². The highest BCUT2D eigenvalue weighted by molar-refractivity contribution is 7.86. The molecule has 1 unspecified atom stereocenters. The first kappa shape index (κ1) is 20.2. The standard InChI is InChI=1S/C16H18F3NO5S/c1-4-7-23-11-5-6-12(13(8-11)16(17,18)19)14-9-15(24-20-14)10(2)25-26(3,21)22/h5-6,8-10H,4,7H2,1-3H3. The van der Waals surface area contributed by atoms with E-state index < -0.39 is 28.0 Å². The van der Waals surface area contributed by atoms with Gasteiger partial charge in [0.2, 0.25) is 0 Å². The van der Waals surface area contributed by atoms with Gasteiger partial charge in [-0.1, -0.05) is 12.1 Å². The van der Waals surface area contributed by atoms with E-state index in [0.717, 1.165) is 12.3 Å². The largest absolute Gasteiger partial charge is 0.494 e. The summed E-state index contributed by atoms with van der Waals surface area (Å²) in [7, 11) is -3.76. The fourth-order valence-corrected chi connectivity index (χ4v) is 2.83. The highest BCUT2D eigenvalue weighted by Crippen LogP contribution is 2.39. The Morgan fingerprint density at radius 3 is 2.54 bits per heavy atom. The number of ether oxygens (including phenoxy) is 1. The average molecular weight is 393 g/mol. The highest BCUT2D eigenvalue weighted by atomic mass is 32.2. The molecule has 0 bridgehead atoms. The minimum atomic E-state index is -4.63. The fraction of sp³-hybridized carbons (Fsp3) is 0.438. The molecule has 0 fully saturated rings. The zero-order chi connectivity index (χ0) is 19.5. The smallest absolute Gasteiger partial charge is 0.417 e. The van der Waals surface area contributed by atoms with Crippen molar-refractivity contribution in [2.75, 3.05) is 12.9 Å². The summed E-state index contributed by atoms with van der Waals surface area (Å²) in [5.74, 6) is 0.0882. The second-order valence-electron chi connectivity index (χ2n) is 5.61. The maximum Gasteiger partial charge on any atom is 0.417 e. The van der Waals surface area contributed by atoms with Gasteiger partial charge in [-0.2, -0.15) is 21.6 Å². The Morgan fingerprint density at radius 1 is 1.27 bits per heavy atom. The number of benzene rings is 1. The summed E-state index contributed by atoms with van der Waals surface area (Å²) in [6.07, 6.45) is -4.13. The van der Waals surface area contributed by atoms with Gasteiger partial charge < -0.3 is 9.26 Å².